The van der Waals surface area contributed by atoms with E-state index >= 15 is 0 Å². The van der Waals surface area contributed by atoms with Crippen molar-refractivity contribution in [2.75, 3.05) is 12.8 Å². The summed E-state index contributed by atoms with van der Waals surface area (Å²) in [6.45, 7) is 0.360. The molecule has 1 atom stereocenters. The molecule has 10 heteroatoms. The number of hydrogen-bond acceptors (Lipinski definition) is 5. The normalized spacial score (nSPS) is 18.6. The highest BCUT2D eigenvalue weighted by Gasteiger charge is 2.36. The molecule has 0 bridgehead atoms. The smallest absolute Gasteiger partial charge is 0.225 e. The summed E-state index contributed by atoms with van der Waals surface area (Å²) in [4.78, 5) is 15.5. The Labute approximate surface area is 144 Å². The number of carbonyl (C=O) groups excluding carboxylic acids is 1. The molecule has 25 heavy (non-hydrogen) atoms. The number of nitrogens with zero attached hydrogens (tertiary/aromatic N) is 4. The van der Waals surface area contributed by atoms with Gasteiger partial charge in [0.1, 0.15) is 11.5 Å². The lowest BCUT2D eigenvalue weighted by Crippen LogP contribution is -2.31. The molecule has 0 aliphatic carbocycles. The van der Waals surface area contributed by atoms with Crippen LogP contribution in [0.4, 0.5) is 4.39 Å². The summed E-state index contributed by atoms with van der Waals surface area (Å²) in [6, 6.07) is 5.40. The maximum Gasteiger partial charge on any atom is 0.225 e. The summed E-state index contributed by atoms with van der Waals surface area (Å²) >= 11 is 0. The van der Waals surface area contributed by atoms with Crippen molar-refractivity contribution in [1.29, 1.82) is 0 Å². The summed E-state index contributed by atoms with van der Waals surface area (Å²) in [5.74, 6) is -0.734. The van der Waals surface area contributed by atoms with E-state index in [1.807, 2.05) is 0 Å². The van der Waals surface area contributed by atoms with Crippen LogP contribution in [0.15, 0.2) is 24.3 Å². The molecule has 1 amide bonds. The minimum Gasteiger partial charge on any atom is -0.369 e. The molecule has 2 N–H and O–H groups in total. The SMILES string of the molecule is CS(=O)(=O)N1CCC[C@H]1c1nc(CC(N)=O)nn1-c1ccccc1F. The van der Waals surface area contributed by atoms with Crippen LogP contribution < -0.4 is 5.73 Å². The van der Waals surface area contributed by atoms with Gasteiger partial charge in [-0.1, -0.05) is 12.1 Å². The van der Waals surface area contributed by atoms with Crippen LogP contribution in [0.3, 0.4) is 0 Å². The van der Waals surface area contributed by atoms with E-state index in [0.29, 0.717) is 19.4 Å². The molecular weight excluding hydrogens is 349 g/mol. The third-order valence-corrected chi connectivity index (χ3v) is 5.31. The Balaban J connectivity index is 2.13. The lowest BCUT2D eigenvalue weighted by Gasteiger charge is -2.21. The summed E-state index contributed by atoms with van der Waals surface area (Å²) in [5, 5.41) is 4.19. The van der Waals surface area contributed by atoms with E-state index in [2.05, 4.69) is 10.1 Å². The van der Waals surface area contributed by atoms with Gasteiger partial charge in [-0.2, -0.15) is 9.40 Å². The molecule has 1 aliphatic rings. The Morgan fingerprint density at radius 2 is 2.12 bits per heavy atom. The highest BCUT2D eigenvalue weighted by molar-refractivity contribution is 7.88. The number of halogens is 1. The Morgan fingerprint density at radius 3 is 2.76 bits per heavy atom. The molecule has 2 heterocycles. The molecule has 1 fully saturated rings. The summed E-state index contributed by atoms with van der Waals surface area (Å²) in [6.07, 6.45) is 2.11. The summed E-state index contributed by atoms with van der Waals surface area (Å²) in [5.41, 5.74) is 5.33. The van der Waals surface area contributed by atoms with Gasteiger partial charge in [-0.25, -0.2) is 22.5 Å². The number of primary amides is 1. The van der Waals surface area contributed by atoms with Gasteiger partial charge in [0.05, 0.1) is 18.7 Å². The molecule has 1 aromatic heterocycles. The molecule has 0 saturated carbocycles. The first-order valence-electron chi connectivity index (χ1n) is 7.73. The highest BCUT2D eigenvalue weighted by Crippen LogP contribution is 2.34. The molecule has 1 aromatic carbocycles. The van der Waals surface area contributed by atoms with Crippen LogP contribution in [0, 0.1) is 5.82 Å². The van der Waals surface area contributed by atoms with Crippen molar-refractivity contribution in [2.24, 2.45) is 5.73 Å². The van der Waals surface area contributed by atoms with Gasteiger partial charge in [0.2, 0.25) is 15.9 Å². The van der Waals surface area contributed by atoms with Crippen molar-refractivity contribution < 1.29 is 17.6 Å². The molecule has 1 saturated heterocycles. The first-order chi connectivity index (χ1) is 11.8. The average Bonchev–Trinajstić information content (AvgIpc) is 3.13. The maximum atomic E-state index is 14.2. The number of nitrogens with two attached hydrogens (primary N) is 1. The topological polar surface area (TPSA) is 111 Å². The largest absolute Gasteiger partial charge is 0.369 e. The Bertz CT molecular complexity index is 912. The molecule has 3 rings (SSSR count). The second-order valence-corrected chi connectivity index (χ2v) is 7.86. The number of aromatic nitrogens is 3. The van der Waals surface area contributed by atoms with Gasteiger partial charge in [0.15, 0.2) is 11.6 Å². The van der Waals surface area contributed by atoms with Crippen LogP contribution in [0.5, 0.6) is 0 Å². The standard InChI is InChI=1S/C15H18FN5O3S/c1-25(23,24)20-8-4-7-12(20)15-18-14(9-13(17)22)19-21(15)11-6-3-2-5-10(11)16/h2-3,5-6,12H,4,7-9H2,1H3,(H2,17,22)/t12-/m0/s1. The lowest BCUT2D eigenvalue weighted by atomic mass is 10.2. The fraction of sp³-hybridized carbons (Fsp3) is 0.400. The molecule has 8 nitrogen and oxygen atoms in total. The van der Waals surface area contributed by atoms with Crippen molar-refractivity contribution in [2.45, 2.75) is 25.3 Å². The third-order valence-electron chi connectivity index (χ3n) is 4.02. The number of sulfonamides is 1. The predicted molar refractivity (Wildman–Crippen MR) is 87.7 cm³/mol. The van der Waals surface area contributed by atoms with Crippen LogP contribution in [0.25, 0.3) is 5.69 Å². The summed E-state index contributed by atoms with van der Waals surface area (Å²) < 4.78 is 40.9. The third kappa shape index (κ3) is 3.54. The predicted octanol–water partition coefficient (Wildman–Crippen LogP) is 0.531. The van der Waals surface area contributed by atoms with Crippen molar-refractivity contribution in [3.63, 3.8) is 0 Å². The Kier molecular flexibility index (Phi) is 4.56. The molecule has 0 spiro atoms. The minimum absolute atomic E-state index is 0.131. The quantitative estimate of drug-likeness (QED) is 0.829. The first kappa shape index (κ1) is 17.5. The van der Waals surface area contributed by atoms with Crippen LogP contribution >= 0.6 is 0 Å². The molecule has 0 unspecified atom stereocenters. The van der Waals surface area contributed by atoms with Gasteiger partial charge >= 0.3 is 0 Å². The number of hydrogen-bond donors (Lipinski definition) is 1. The monoisotopic (exact) mass is 367 g/mol. The van der Waals surface area contributed by atoms with E-state index in [-0.39, 0.29) is 23.8 Å². The fourth-order valence-electron chi connectivity index (χ4n) is 3.01. The van der Waals surface area contributed by atoms with Gasteiger partial charge in [0.25, 0.3) is 0 Å². The lowest BCUT2D eigenvalue weighted by molar-refractivity contribution is -0.117. The van der Waals surface area contributed by atoms with Gasteiger partial charge in [0, 0.05) is 6.54 Å². The van der Waals surface area contributed by atoms with Crippen LogP contribution in [0.1, 0.15) is 30.5 Å². The zero-order valence-electron chi connectivity index (χ0n) is 13.6. The Morgan fingerprint density at radius 1 is 1.40 bits per heavy atom. The van der Waals surface area contributed by atoms with Gasteiger partial charge in [-0.05, 0) is 25.0 Å². The van der Waals surface area contributed by atoms with E-state index in [1.54, 1.807) is 6.07 Å². The summed E-state index contributed by atoms with van der Waals surface area (Å²) in [7, 11) is -3.46. The van der Waals surface area contributed by atoms with E-state index in [4.69, 9.17) is 5.73 Å². The number of rotatable bonds is 5. The maximum absolute atomic E-state index is 14.2. The number of amides is 1. The first-order valence-corrected chi connectivity index (χ1v) is 9.58. The van der Waals surface area contributed by atoms with Crippen LogP contribution in [0.2, 0.25) is 0 Å². The molecular formula is C15H18FN5O3S. The van der Waals surface area contributed by atoms with Crippen LogP contribution in [-0.2, 0) is 21.2 Å². The van der Waals surface area contributed by atoms with Crippen molar-refractivity contribution in [3.05, 3.63) is 41.7 Å². The second kappa shape index (κ2) is 6.52. The zero-order chi connectivity index (χ0) is 18.2. The molecule has 1 aliphatic heterocycles. The van der Waals surface area contributed by atoms with E-state index < -0.39 is 27.8 Å². The zero-order valence-corrected chi connectivity index (χ0v) is 14.4. The number of benzene rings is 1. The van der Waals surface area contributed by atoms with E-state index in [0.717, 1.165) is 6.26 Å². The van der Waals surface area contributed by atoms with E-state index in [1.165, 1.54) is 27.2 Å². The molecule has 0 radical (unpaired) electrons. The average molecular weight is 367 g/mol. The van der Waals surface area contributed by atoms with Gasteiger partial charge < -0.3 is 5.73 Å². The van der Waals surface area contributed by atoms with Crippen molar-refractivity contribution >= 4 is 15.9 Å². The number of carbonyl (C=O) groups is 1. The molecule has 2 aromatic rings. The van der Waals surface area contributed by atoms with Crippen molar-refractivity contribution in [3.8, 4) is 5.69 Å². The fourth-order valence-corrected chi connectivity index (χ4v) is 4.13. The molecule has 134 valence electrons. The van der Waals surface area contributed by atoms with Crippen LogP contribution in [-0.4, -0.2) is 46.2 Å². The van der Waals surface area contributed by atoms with Gasteiger partial charge in [-0.3, -0.25) is 4.79 Å². The minimum atomic E-state index is -3.46. The Hall–Kier alpha value is -2.33. The second-order valence-electron chi connectivity index (χ2n) is 5.92. The van der Waals surface area contributed by atoms with Gasteiger partial charge in [-0.15, -0.1) is 0 Å². The highest BCUT2D eigenvalue weighted by atomic mass is 32.2. The van der Waals surface area contributed by atoms with Crippen molar-refractivity contribution in [1.82, 2.24) is 19.1 Å². The van der Waals surface area contributed by atoms with E-state index in [9.17, 15) is 17.6 Å². The number of para-hydroxylation sites is 1.